The normalized spacial score (nSPS) is 14.6. The van der Waals surface area contributed by atoms with E-state index in [-0.39, 0.29) is 0 Å². The number of benzene rings is 1. The molecule has 0 amide bonds. The standard InChI is InChI=1S/C21H23N3O2/c1-2-11-22-18(5-1)15-25-20-8-6-17(7-9-20)21-23-19(16-26-21)10-14-24-12-3-4-13-24/h1-2,5-9,11,16H,3-4,10,12-15H2. The molecule has 1 aliphatic heterocycles. The van der Waals surface area contributed by atoms with E-state index in [1.807, 2.05) is 42.5 Å². The zero-order valence-electron chi connectivity index (χ0n) is 14.8. The Morgan fingerprint density at radius 2 is 1.85 bits per heavy atom. The third-order valence-electron chi connectivity index (χ3n) is 4.65. The van der Waals surface area contributed by atoms with Crippen LogP contribution in [0.2, 0.25) is 0 Å². The lowest BCUT2D eigenvalue weighted by Crippen LogP contribution is -2.21. The molecule has 26 heavy (non-hydrogen) atoms. The summed E-state index contributed by atoms with van der Waals surface area (Å²) in [6, 6.07) is 13.6. The van der Waals surface area contributed by atoms with Crippen LogP contribution in [0.3, 0.4) is 0 Å². The van der Waals surface area contributed by atoms with Gasteiger partial charge in [-0.05, 0) is 62.3 Å². The van der Waals surface area contributed by atoms with Crippen molar-refractivity contribution in [3.8, 4) is 17.2 Å². The van der Waals surface area contributed by atoms with Crippen LogP contribution in [0.25, 0.3) is 11.5 Å². The van der Waals surface area contributed by atoms with E-state index in [2.05, 4.69) is 14.9 Å². The molecular formula is C21H23N3O2. The van der Waals surface area contributed by atoms with Gasteiger partial charge in [0.2, 0.25) is 5.89 Å². The van der Waals surface area contributed by atoms with Crippen LogP contribution in [0.5, 0.6) is 5.75 Å². The van der Waals surface area contributed by atoms with Crippen molar-refractivity contribution < 1.29 is 9.15 Å². The van der Waals surface area contributed by atoms with Gasteiger partial charge in [0, 0.05) is 24.7 Å². The largest absolute Gasteiger partial charge is 0.487 e. The smallest absolute Gasteiger partial charge is 0.226 e. The highest BCUT2D eigenvalue weighted by molar-refractivity contribution is 5.54. The molecule has 0 aliphatic carbocycles. The first kappa shape index (κ1) is 16.8. The van der Waals surface area contributed by atoms with Crippen LogP contribution in [0, 0.1) is 0 Å². The van der Waals surface area contributed by atoms with Gasteiger partial charge in [0.15, 0.2) is 0 Å². The molecule has 5 heteroatoms. The van der Waals surface area contributed by atoms with Gasteiger partial charge in [-0.25, -0.2) is 4.98 Å². The van der Waals surface area contributed by atoms with Crippen LogP contribution in [-0.4, -0.2) is 34.5 Å². The molecule has 1 aromatic carbocycles. The fourth-order valence-corrected chi connectivity index (χ4v) is 3.17. The molecule has 5 nitrogen and oxygen atoms in total. The summed E-state index contributed by atoms with van der Waals surface area (Å²) in [6.07, 6.45) is 7.12. The topological polar surface area (TPSA) is 51.4 Å². The van der Waals surface area contributed by atoms with Crippen molar-refractivity contribution in [2.45, 2.75) is 25.9 Å². The fourth-order valence-electron chi connectivity index (χ4n) is 3.17. The van der Waals surface area contributed by atoms with Gasteiger partial charge in [-0.1, -0.05) is 6.07 Å². The van der Waals surface area contributed by atoms with Gasteiger partial charge >= 0.3 is 0 Å². The Morgan fingerprint density at radius 1 is 1.00 bits per heavy atom. The maximum absolute atomic E-state index is 5.76. The van der Waals surface area contributed by atoms with Crippen molar-refractivity contribution in [3.05, 3.63) is 66.3 Å². The molecule has 4 rings (SSSR count). The monoisotopic (exact) mass is 349 g/mol. The lowest BCUT2D eigenvalue weighted by molar-refractivity contribution is 0.301. The molecule has 0 saturated carbocycles. The number of ether oxygens (including phenoxy) is 1. The predicted molar refractivity (Wildman–Crippen MR) is 99.9 cm³/mol. The van der Waals surface area contributed by atoms with E-state index in [9.17, 15) is 0 Å². The van der Waals surface area contributed by atoms with Crippen molar-refractivity contribution in [2.75, 3.05) is 19.6 Å². The van der Waals surface area contributed by atoms with Gasteiger partial charge in [0.05, 0.1) is 11.4 Å². The second-order valence-corrected chi connectivity index (χ2v) is 6.58. The van der Waals surface area contributed by atoms with Gasteiger partial charge < -0.3 is 14.1 Å². The molecule has 1 aliphatic rings. The van der Waals surface area contributed by atoms with Crippen molar-refractivity contribution >= 4 is 0 Å². The van der Waals surface area contributed by atoms with E-state index in [1.165, 1.54) is 25.9 Å². The van der Waals surface area contributed by atoms with E-state index >= 15 is 0 Å². The van der Waals surface area contributed by atoms with E-state index in [0.717, 1.165) is 35.7 Å². The fraction of sp³-hybridized carbons (Fsp3) is 0.333. The number of hydrogen-bond acceptors (Lipinski definition) is 5. The van der Waals surface area contributed by atoms with Crippen molar-refractivity contribution in [1.29, 1.82) is 0 Å². The molecule has 3 aromatic rings. The van der Waals surface area contributed by atoms with Crippen LogP contribution < -0.4 is 4.74 Å². The molecule has 134 valence electrons. The summed E-state index contributed by atoms with van der Waals surface area (Å²) in [7, 11) is 0. The number of nitrogens with zero attached hydrogens (tertiary/aromatic N) is 3. The molecule has 0 unspecified atom stereocenters. The number of hydrogen-bond donors (Lipinski definition) is 0. The highest BCUT2D eigenvalue weighted by Gasteiger charge is 2.13. The van der Waals surface area contributed by atoms with E-state index < -0.39 is 0 Å². The minimum atomic E-state index is 0.458. The molecule has 1 saturated heterocycles. The summed E-state index contributed by atoms with van der Waals surface area (Å²) in [5.74, 6) is 1.47. The average molecular weight is 349 g/mol. The Hall–Kier alpha value is -2.66. The summed E-state index contributed by atoms with van der Waals surface area (Å²) in [4.78, 5) is 11.4. The summed E-state index contributed by atoms with van der Waals surface area (Å²) in [5, 5.41) is 0. The van der Waals surface area contributed by atoms with Crippen molar-refractivity contribution in [2.24, 2.45) is 0 Å². The minimum absolute atomic E-state index is 0.458. The quantitative estimate of drug-likeness (QED) is 0.646. The van der Waals surface area contributed by atoms with Crippen LogP contribution in [0.15, 0.2) is 59.3 Å². The Kier molecular flexibility index (Phi) is 5.26. The van der Waals surface area contributed by atoms with Crippen LogP contribution in [-0.2, 0) is 13.0 Å². The first-order valence-corrected chi connectivity index (χ1v) is 9.17. The molecular weight excluding hydrogens is 326 g/mol. The SMILES string of the molecule is c1ccc(COc2ccc(-c3nc(CCN4CCCC4)co3)cc2)nc1. The summed E-state index contributed by atoms with van der Waals surface area (Å²) < 4.78 is 11.4. The molecule has 0 spiro atoms. The summed E-state index contributed by atoms with van der Waals surface area (Å²) >= 11 is 0. The maximum Gasteiger partial charge on any atom is 0.226 e. The van der Waals surface area contributed by atoms with Gasteiger partial charge in [-0.3, -0.25) is 4.98 Å². The highest BCUT2D eigenvalue weighted by Crippen LogP contribution is 2.22. The molecule has 1 fully saturated rings. The molecule has 0 radical (unpaired) electrons. The molecule has 2 aromatic heterocycles. The number of oxazole rings is 1. The van der Waals surface area contributed by atoms with E-state index in [0.29, 0.717) is 12.5 Å². The Morgan fingerprint density at radius 3 is 2.62 bits per heavy atom. The lowest BCUT2D eigenvalue weighted by Gasteiger charge is -2.12. The third-order valence-corrected chi connectivity index (χ3v) is 4.65. The maximum atomic E-state index is 5.76. The summed E-state index contributed by atoms with van der Waals surface area (Å²) in [6.45, 7) is 3.95. The van der Waals surface area contributed by atoms with Crippen LogP contribution in [0.4, 0.5) is 0 Å². The number of likely N-dealkylation sites (tertiary alicyclic amines) is 1. The Labute approximate surface area is 153 Å². The average Bonchev–Trinajstić information content (AvgIpc) is 3.38. The van der Waals surface area contributed by atoms with Gasteiger partial charge in [-0.15, -0.1) is 0 Å². The van der Waals surface area contributed by atoms with E-state index in [4.69, 9.17) is 9.15 Å². The number of aromatic nitrogens is 2. The molecule has 3 heterocycles. The number of pyridine rings is 1. The predicted octanol–water partition coefficient (Wildman–Crippen LogP) is 3.95. The second kappa shape index (κ2) is 8.15. The van der Waals surface area contributed by atoms with Crippen molar-refractivity contribution in [3.63, 3.8) is 0 Å². The van der Waals surface area contributed by atoms with Gasteiger partial charge in [0.1, 0.15) is 18.6 Å². The van der Waals surface area contributed by atoms with Crippen molar-refractivity contribution in [1.82, 2.24) is 14.9 Å². The second-order valence-electron chi connectivity index (χ2n) is 6.58. The van der Waals surface area contributed by atoms with Gasteiger partial charge in [0.25, 0.3) is 0 Å². The van der Waals surface area contributed by atoms with E-state index in [1.54, 1.807) is 12.5 Å². The highest BCUT2D eigenvalue weighted by atomic mass is 16.5. The molecule has 0 atom stereocenters. The molecule has 0 bridgehead atoms. The Bertz CT molecular complexity index is 809. The number of rotatable bonds is 7. The third kappa shape index (κ3) is 4.29. The summed E-state index contributed by atoms with van der Waals surface area (Å²) in [5.41, 5.74) is 2.89. The van der Waals surface area contributed by atoms with Crippen LogP contribution >= 0.6 is 0 Å². The minimum Gasteiger partial charge on any atom is -0.487 e. The first-order valence-electron chi connectivity index (χ1n) is 9.17. The zero-order chi connectivity index (χ0) is 17.6. The van der Waals surface area contributed by atoms with Crippen LogP contribution in [0.1, 0.15) is 24.2 Å². The lowest BCUT2D eigenvalue weighted by atomic mass is 10.2. The van der Waals surface area contributed by atoms with Gasteiger partial charge in [-0.2, -0.15) is 0 Å². The Balaban J connectivity index is 1.33. The molecule has 0 N–H and O–H groups in total. The zero-order valence-corrected chi connectivity index (χ0v) is 14.8. The first-order chi connectivity index (χ1) is 12.9.